The molecule has 0 spiro atoms. The largest absolute Gasteiger partial charge is 0.325 e. The number of carbonyl (C=O) groups excluding carboxylic acids is 5. The first-order valence-electron chi connectivity index (χ1n) is 7.25. The van der Waals surface area contributed by atoms with Crippen molar-refractivity contribution in [2.24, 2.45) is 0 Å². The SMILES string of the molecule is Cc1ccc(NC(=O)CN2C(=O)S[C@H]([C@@H]3SC(=O)NC3=O)C2=O)cc1. The van der Waals surface area contributed by atoms with Gasteiger partial charge in [-0.15, -0.1) is 0 Å². The minimum atomic E-state index is -1.00. The Kier molecular flexibility index (Phi) is 4.82. The van der Waals surface area contributed by atoms with E-state index in [0.29, 0.717) is 29.2 Å². The van der Waals surface area contributed by atoms with Gasteiger partial charge in [-0.2, -0.15) is 0 Å². The highest BCUT2D eigenvalue weighted by atomic mass is 32.2. The molecule has 5 amide bonds. The molecule has 130 valence electrons. The second-order valence-electron chi connectivity index (χ2n) is 5.46. The highest BCUT2D eigenvalue weighted by molar-refractivity contribution is 8.19. The molecule has 0 aliphatic carbocycles. The topological polar surface area (TPSA) is 113 Å². The van der Waals surface area contributed by atoms with E-state index in [1.54, 1.807) is 12.1 Å². The van der Waals surface area contributed by atoms with Crippen molar-refractivity contribution in [1.82, 2.24) is 10.2 Å². The molecule has 0 saturated carbocycles. The molecule has 2 heterocycles. The Labute approximate surface area is 151 Å². The zero-order chi connectivity index (χ0) is 18.1. The van der Waals surface area contributed by atoms with Crippen LogP contribution in [-0.4, -0.2) is 50.1 Å². The molecule has 2 aliphatic heterocycles. The summed E-state index contributed by atoms with van der Waals surface area (Å²) in [5.41, 5.74) is 1.58. The molecule has 2 saturated heterocycles. The van der Waals surface area contributed by atoms with Crippen molar-refractivity contribution in [2.45, 2.75) is 17.4 Å². The fourth-order valence-electron chi connectivity index (χ4n) is 2.35. The minimum Gasteiger partial charge on any atom is -0.325 e. The lowest BCUT2D eigenvalue weighted by molar-refractivity contribution is -0.131. The van der Waals surface area contributed by atoms with Gasteiger partial charge in [-0.1, -0.05) is 17.7 Å². The summed E-state index contributed by atoms with van der Waals surface area (Å²) in [6.07, 6.45) is 0. The smallest absolute Gasteiger partial charge is 0.289 e. The molecule has 3 rings (SSSR count). The third kappa shape index (κ3) is 3.69. The lowest BCUT2D eigenvalue weighted by atomic mass is 10.2. The average molecular weight is 379 g/mol. The molecular formula is C15H13N3O5S2. The first-order valence-corrected chi connectivity index (χ1v) is 9.01. The zero-order valence-corrected chi connectivity index (χ0v) is 14.6. The van der Waals surface area contributed by atoms with Crippen LogP contribution in [0, 0.1) is 6.92 Å². The zero-order valence-electron chi connectivity index (χ0n) is 13.0. The summed E-state index contributed by atoms with van der Waals surface area (Å²) in [5.74, 6) is -1.76. The number of anilines is 1. The van der Waals surface area contributed by atoms with E-state index < -0.39 is 45.2 Å². The Morgan fingerprint density at radius 3 is 2.40 bits per heavy atom. The van der Waals surface area contributed by atoms with Gasteiger partial charge in [0, 0.05) is 5.69 Å². The molecule has 2 fully saturated rings. The van der Waals surface area contributed by atoms with Crippen LogP contribution in [-0.2, 0) is 14.4 Å². The quantitative estimate of drug-likeness (QED) is 0.812. The van der Waals surface area contributed by atoms with Gasteiger partial charge in [0.15, 0.2) is 0 Å². The number of nitrogens with zero attached hydrogens (tertiary/aromatic N) is 1. The Morgan fingerprint density at radius 2 is 1.80 bits per heavy atom. The summed E-state index contributed by atoms with van der Waals surface area (Å²) in [4.78, 5) is 60.2. The molecule has 0 bridgehead atoms. The van der Waals surface area contributed by atoms with Crippen LogP contribution < -0.4 is 10.6 Å². The number of amides is 5. The van der Waals surface area contributed by atoms with Crippen LogP contribution in [0.3, 0.4) is 0 Å². The van der Waals surface area contributed by atoms with Crippen molar-refractivity contribution >= 4 is 57.4 Å². The standard InChI is InChI=1S/C15H13N3O5S2/c1-7-2-4-8(5-3-7)16-9(19)6-18-13(21)11(25-15(18)23)10-12(20)17-14(22)24-10/h2-5,10-11H,6H2,1H3,(H,16,19)(H,17,20,22)/t10-,11+/m0/s1. The summed E-state index contributed by atoms with van der Waals surface area (Å²) in [6, 6.07) is 7.06. The molecule has 0 unspecified atom stereocenters. The Balaban J connectivity index is 1.64. The third-order valence-electron chi connectivity index (χ3n) is 3.59. The average Bonchev–Trinajstić information content (AvgIpc) is 3.02. The van der Waals surface area contributed by atoms with Crippen LogP contribution in [0.25, 0.3) is 0 Å². The number of rotatable bonds is 4. The Bertz CT molecular complexity index is 780. The van der Waals surface area contributed by atoms with Crippen molar-refractivity contribution in [3.05, 3.63) is 29.8 Å². The van der Waals surface area contributed by atoms with Crippen molar-refractivity contribution < 1.29 is 24.0 Å². The normalized spacial score (nSPS) is 23.2. The van der Waals surface area contributed by atoms with E-state index in [9.17, 15) is 24.0 Å². The van der Waals surface area contributed by atoms with Crippen LogP contribution in [0.15, 0.2) is 24.3 Å². The van der Waals surface area contributed by atoms with E-state index in [1.807, 2.05) is 19.1 Å². The molecule has 8 nitrogen and oxygen atoms in total. The molecule has 0 aromatic heterocycles. The van der Waals surface area contributed by atoms with Gasteiger partial charge in [0.1, 0.15) is 17.0 Å². The van der Waals surface area contributed by atoms with Gasteiger partial charge in [-0.25, -0.2) is 0 Å². The van der Waals surface area contributed by atoms with Crippen molar-refractivity contribution in [3.63, 3.8) is 0 Å². The maximum absolute atomic E-state index is 12.4. The van der Waals surface area contributed by atoms with Crippen LogP contribution in [0.1, 0.15) is 5.56 Å². The predicted molar refractivity (Wildman–Crippen MR) is 93.2 cm³/mol. The van der Waals surface area contributed by atoms with Crippen LogP contribution >= 0.6 is 23.5 Å². The van der Waals surface area contributed by atoms with Crippen LogP contribution in [0.5, 0.6) is 0 Å². The van der Waals surface area contributed by atoms with Crippen molar-refractivity contribution in [1.29, 1.82) is 0 Å². The number of carbonyl (C=O) groups is 5. The minimum absolute atomic E-state index is 0.442. The maximum Gasteiger partial charge on any atom is 0.289 e. The fraction of sp³-hybridized carbons (Fsp3) is 0.267. The van der Waals surface area contributed by atoms with E-state index in [-0.39, 0.29) is 0 Å². The Morgan fingerprint density at radius 1 is 1.12 bits per heavy atom. The van der Waals surface area contributed by atoms with Crippen LogP contribution in [0.4, 0.5) is 15.3 Å². The summed E-state index contributed by atoms with van der Waals surface area (Å²) in [5, 5.41) is 1.57. The number of hydrogen-bond acceptors (Lipinski definition) is 7. The first kappa shape index (κ1) is 17.5. The van der Waals surface area contributed by atoms with Gasteiger partial charge in [-0.05, 0) is 42.6 Å². The molecule has 1 aromatic rings. The van der Waals surface area contributed by atoms with E-state index in [2.05, 4.69) is 10.6 Å². The van der Waals surface area contributed by atoms with Crippen molar-refractivity contribution in [3.8, 4) is 0 Å². The summed E-state index contributed by atoms with van der Waals surface area (Å²) < 4.78 is 0. The van der Waals surface area contributed by atoms with Gasteiger partial charge in [0.05, 0.1) is 0 Å². The lowest BCUT2D eigenvalue weighted by Gasteiger charge is -2.15. The van der Waals surface area contributed by atoms with Gasteiger partial charge in [0.2, 0.25) is 17.7 Å². The molecule has 25 heavy (non-hydrogen) atoms. The molecule has 10 heteroatoms. The van der Waals surface area contributed by atoms with E-state index >= 15 is 0 Å². The molecule has 2 atom stereocenters. The fourth-order valence-corrected chi connectivity index (χ4v) is 4.45. The van der Waals surface area contributed by atoms with Crippen LogP contribution in [0.2, 0.25) is 0 Å². The van der Waals surface area contributed by atoms with Crippen molar-refractivity contribution in [2.75, 3.05) is 11.9 Å². The number of nitrogens with one attached hydrogen (secondary N) is 2. The van der Waals surface area contributed by atoms with Gasteiger partial charge < -0.3 is 5.32 Å². The summed E-state index contributed by atoms with van der Waals surface area (Å²) in [7, 11) is 0. The van der Waals surface area contributed by atoms with Gasteiger partial charge in [0.25, 0.3) is 10.5 Å². The van der Waals surface area contributed by atoms with Gasteiger partial charge in [-0.3, -0.25) is 34.2 Å². The predicted octanol–water partition coefficient (Wildman–Crippen LogP) is 1.35. The van der Waals surface area contributed by atoms with E-state index in [4.69, 9.17) is 0 Å². The highest BCUT2D eigenvalue weighted by Gasteiger charge is 2.50. The number of benzene rings is 1. The molecule has 2 aliphatic rings. The Hall–Kier alpha value is -2.33. The molecular weight excluding hydrogens is 366 g/mol. The summed E-state index contributed by atoms with van der Waals surface area (Å²) >= 11 is 1.34. The number of hydrogen-bond donors (Lipinski definition) is 2. The third-order valence-corrected chi connectivity index (χ3v) is 5.97. The second-order valence-corrected chi connectivity index (χ2v) is 7.67. The monoisotopic (exact) mass is 379 g/mol. The molecule has 2 N–H and O–H groups in total. The lowest BCUT2D eigenvalue weighted by Crippen LogP contribution is -2.42. The highest BCUT2D eigenvalue weighted by Crippen LogP contribution is 2.36. The summed E-state index contributed by atoms with van der Waals surface area (Å²) in [6.45, 7) is 1.47. The number of aryl methyl sites for hydroxylation is 1. The number of imide groups is 2. The number of thioether (sulfide) groups is 2. The molecule has 0 radical (unpaired) electrons. The van der Waals surface area contributed by atoms with E-state index in [0.717, 1.165) is 10.5 Å². The maximum atomic E-state index is 12.4. The first-order chi connectivity index (χ1) is 11.8. The van der Waals surface area contributed by atoms with E-state index in [1.165, 1.54) is 0 Å². The molecule has 1 aromatic carbocycles. The second kappa shape index (κ2) is 6.89. The van der Waals surface area contributed by atoms with Gasteiger partial charge >= 0.3 is 0 Å².